The zero-order valence-electron chi connectivity index (χ0n) is 10.3. The minimum atomic E-state index is 1.24. The first-order valence-electron chi connectivity index (χ1n) is 5.69. The topological polar surface area (TPSA) is 42.9 Å². The fourth-order valence-corrected chi connectivity index (χ4v) is 2.91. The van der Waals surface area contributed by atoms with Crippen molar-refractivity contribution in [3.05, 3.63) is 60.9 Å². The maximum Gasteiger partial charge on any atom is 0.197 e. The molecule has 4 rings (SSSR count). The maximum absolute atomic E-state index is 7.83. The summed E-state index contributed by atoms with van der Waals surface area (Å²) in [5, 5.41) is 2.48. The van der Waals surface area contributed by atoms with Gasteiger partial charge in [0.05, 0.1) is 9.40 Å². The van der Waals surface area contributed by atoms with E-state index in [0.29, 0.717) is 0 Å². The highest BCUT2D eigenvalue weighted by molar-refractivity contribution is 7.44. The second kappa shape index (κ2) is 7.74. The molecule has 0 saturated carbocycles. The van der Waals surface area contributed by atoms with E-state index in [1.165, 1.54) is 43.2 Å². The predicted octanol–water partition coefficient (Wildman–Crippen LogP) is 4.26. The molecule has 0 radical (unpaired) electrons. The zero-order valence-corrected chi connectivity index (χ0v) is 12.8. The number of hydrogen-bond donors (Lipinski definition) is 0. The van der Waals surface area contributed by atoms with Crippen molar-refractivity contribution in [1.82, 2.24) is 8.75 Å². The Labute approximate surface area is 129 Å². The lowest BCUT2D eigenvalue weighted by Crippen LogP contribution is -1.56. The molecule has 100 valence electrons. The lowest BCUT2D eigenvalue weighted by atomic mass is 10.3. The fraction of sp³-hybridized carbons (Fsp3) is 0. The van der Waals surface area contributed by atoms with Crippen molar-refractivity contribution < 1.29 is 4.21 Å². The predicted molar refractivity (Wildman–Crippen MR) is 87.4 cm³/mol. The first kappa shape index (κ1) is 14.6. The lowest BCUT2D eigenvalue weighted by Gasteiger charge is -1.80. The number of aromatic nitrogens is 2. The van der Waals surface area contributed by atoms with Gasteiger partial charge < -0.3 is 0 Å². The van der Waals surface area contributed by atoms with Crippen LogP contribution in [0.5, 0.6) is 0 Å². The fourth-order valence-electron chi connectivity index (χ4n) is 1.62. The van der Waals surface area contributed by atoms with Crippen LogP contribution in [-0.2, 0) is 12.5 Å². The molecule has 3 nitrogen and oxygen atoms in total. The summed E-state index contributed by atoms with van der Waals surface area (Å²) >= 11 is 5.91. The molecule has 0 fully saturated rings. The van der Waals surface area contributed by atoms with E-state index in [1.54, 1.807) is 0 Å². The molecule has 2 aromatic heterocycles. The number of benzene rings is 2. The van der Waals surface area contributed by atoms with Crippen molar-refractivity contribution in [3.63, 3.8) is 0 Å². The summed E-state index contributed by atoms with van der Waals surface area (Å²) in [7, 11) is 0. The van der Waals surface area contributed by atoms with Gasteiger partial charge in [0, 0.05) is 23.2 Å². The third-order valence-corrected chi connectivity index (χ3v) is 4.08. The SMILES string of the molecule is O=S.c1ccc2sncc2c1.c1ccc2sncc2c1. The molecule has 0 aliphatic carbocycles. The quantitative estimate of drug-likeness (QED) is 0.486. The van der Waals surface area contributed by atoms with Crippen LogP contribution in [0, 0.1) is 0 Å². The van der Waals surface area contributed by atoms with Gasteiger partial charge in [0.1, 0.15) is 0 Å². The number of fused-ring (bicyclic) bond motifs is 2. The van der Waals surface area contributed by atoms with E-state index in [1.807, 2.05) is 36.7 Å². The van der Waals surface area contributed by atoms with Crippen molar-refractivity contribution in [2.45, 2.75) is 0 Å². The van der Waals surface area contributed by atoms with Crippen LogP contribution >= 0.6 is 23.1 Å². The largest absolute Gasteiger partial charge is 0.200 e. The zero-order chi connectivity index (χ0) is 14.2. The summed E-state index contributed by atoms with van der Waals surface area (Å²) in [6, 6.07) is 16.4. The Morgan fingerprint density at radius 2 is 1.10 bits per heavy atom. The van der Waals surface area contributed by atoms with E-state index >= 15 is 0 Å². The maximum atomic E-state index is 7.83. The number of hydrogen-bond acceptors (Lipinski definition) is 6. The number of rotatable bonds is 0. The molecule has 2 heterocycles. The van der Waals surface area contributed by atoms with E-state index in [-0.39, 0.29) is 0 Å². The molecule has 0 saturated heterocycles. The molecule has 0 spiro atoms. The molecule has 0 bridgehead atoms. The average Bonchev–Trinajstić information content (AvgIpc) is 3.18. The van der Waals surface area contributed by atoms with Gasteiger partial charge in [-0.05, 0) is 35.2 Å². The van der Waals surface area contributed by atoms with E-state index in [2.05, 4.69) is 45.5 Å². The lowest BCUT2D eigenvalue weighted by molar-refractivity contribution is 0.702. The molecule has 0 aliphatic rings. The third-order valence-electron chi connectivity index (χ3n) is 2.52. The molecular weight excluding hydrogens is 308 g/mol. The van der Waals surface area contributed by atoms with Gasteiger partial charge in [-0.15, -0.1) is 0 Å². The molecule has 2 aromatic carbocycles. The summed E-state index contributed by atoms with van der Waals surface area (Å²) in [5.74, 6) is 0. The van der Waals surface area contributed by atoms with E-state index < -0.39 is 0 Å². The third kappa shape index (κ3) is 3.63. The van der Waals surface area contributed by atoms with E-state index in [0.717, 1.165) is 0 Å². The van der Waals surface area contributed by atoms with Crippen LogP contribution in [0.4, 0.5) is 0 Å². The van der Waals surface area contributed by atoms with Crippen molar-refractivity contribution >= 4 is 55.8 Å². The first-order chi connectivity index (χ1) is 9.93. The van der Waals surface area contributed by atoms with Crippen LogP contribution in [0.1, 0.15) is 0 Å². The monoisotopic (exact) mass is 318 g/mol. The Balaban J connectivity index is 0.000000131. The molecule has 0 amide bonds. The summed E-state index contributed by atoms with van der Waals surface area (Å²) in [6.45, 7) is 0. The Hall–Kier alpha value is -1.76. The summed E-state index contributed by atoms with van der Waals surface area (Å²) < 4.78 is 18.4. The van der Waals surface area contributed by atoms with Gasteiger partial charge in [-0.2, -0.15) is 13.0 Å². The normalized spacial score (nSPS) is 9.40. The standard InChI is InChI=1S/2C7H5NS.OS/c2*1-2-4-7-6(3-1)5-8-9-7;1-2/h2*1-5H;. The van der Waals surface area contributed by atoms with Crippen LogP contribution in [0.25, 0.3) is 20.2 Å². The first-order valence-corrected chi connectivity index (χ1v) is 7.57. The van der Waals surface area contributed by atoms with Crippen molar-refractivity contribution in [1.29, 1.82) is 0 Å². The second-order valence-electron chi connectivity index (χ2n) is 3.73. The smallest absolute Gasteiger partial charge is 0.197 e. The summed E-state index contributed by atoms with van der Waals surface area (Å²) in [6.07, 6.45) is 3.78. The van der Waals surface area contributed by atoms with Gasteiger partial charge in [0.25, 0.3) is 0 Å². The number of nitrogens with zero attached hydrogens (tertiary/aromatic N) is 2. The van der Waals surface area contributed by atoms with Gasteiger partial charge in [-0.3, -0.25) is 0 Å². The Bertz CT molecular complexity index is 655. The molecular formula is C14H10N2OS3. The van der Waals surface area contributed by atoms with E-state index in [4.69, 9.17) is 4.21 Å². The highest BCUT2D eigenvalue weighted by Gasteiger charge is 1.90. The minimum Gasteiger partial charge on any atom is -0.200 e. The minimum absolute atomic E-state index is 1.24. The molecule has 6 heteroatoms. The van der Waals surface area contributed by atoms with Crippen molar-refractivity contribution in [2.24, 2.45) is 0 Å². The van der Waals surface area contributed by atoms with E-state index in [9.17, 15) is 0 Å². The van der Waals surface area contributed by atoms with Crippen molar-refractivity contribution in [3.8, 4) is 0 Å². The molecule has 0 aliphatic heterocycles. The molecule has 0 N–H and O–H groups in total. The average molecular weight is 318 g/mol. The van der Waals surface area contributed by atoms with Crippen LogP contribution in [-0.4, -0.2) is 13.0 Å². The Morgan fingerprint density at radius 1 is 0.700 bits per heavy atom. The second-order valence-corrected chi connectivity index (χ2v) is 5.39. The van der Waals surface area contributed by atoms with Gasteiger partial charge in [-0.25, -0.2) is 0 Å². The van der Waals surface area contributed by atoms with Crippen LogP contribution < -0.4 is 0 Å². The van der Waals surface area contributed by atoms with Crippen LogP contribution in [0.2, 0.25) is 0 Å². The highest BCUT2D eigenvalue weighted by Crippen LogP contribution is 2.16. The van der Waals surface area contributed by atoms with Crippen LogP contribution in [0.15, 0.2) is 60.9 Å². The molecule has 4 aromatic rings. The van der Waals surface area contributed by atoms with Gasteiger partial charge >= 0.3 is 0 Å². The molecule has 20 heavy (non-hydrogen) atoms. The van der Waals surface area contributed by atoms with Gasteiger partial charge in [-0.1, -0.05) is 36.4 Å². The van der Waals surface area contributed by atoms with Gasteiger partial charge in [0.2, 0.25) is 0 Å². The molecule has 0 unspecified atom stereocenters. The summed E-state index contributed by atoms with van der Waals surface area (Å²) in [4.78, 5) is 0. The Morgan fingerprint density at radius 3 is 1.50 bits per heavy atom. The van der Waals surface area contributed by atoms with Gasteiger partial charge in [0.15, 0.2) is 12.5 Å². The Kier molecular flexibility index (Phi) is 5.67. The summed E-state index contributed by atoms with van der Waals surface area (Å²) in [5.41, 5.74) is 0. The van der Waals surface area contributed by atoms with Crippen molar-refractivity contribution in [2.75, 3.05) is 0 Å². The van der Waals surface area contributed by atoms with Crippen LogP contribution in [0.3, 0.4) is 0 Å². The highest BCUT2D eigenvalue weighted by atomic mass is 32.1. The molecule has 0 atom stereocenters.